The van der Waals surface area contributed by atoms with Crippen molar-refractivity contribution in [3.8, 4) is 0 Å². The monoisotopic (exact) mass is 1160 g/mol. The highest BCUT2D eigenvalue weighted by Gasteiger charge is 2.27. The molecule has 0 aromatic carbocycles. The molecule has 0 spiro atoms. The first-order chi connectivity index (χ1) is 39.5. The first kappa shape index (κ1) is 79.0. The molecule has 0 amide bonds. The molecule has 2 atom stereocenters. The fourth-order valence-corrected chi connectivity index (χ4v) is 11.0. The molecule has 0 saturated heterocycles. The second-order valence-corrected chi connectivity index (χ2v) is 26.4. The molecule has 1 N–H and O–H groups in total. The van der Waals surface area contributed by atoms with Gasteiger partial charge in [0, 0.05) is 12.8 Å². The number of rotatable bonds is 65. The van der Waals surface area contributed by atoms with Gasteiger partial charge in [-0.3, -0.25) is 18.6 Å². The highest BCUT2D eigenvalue weighted by atomic mass is 31.2. The molecule has 81 heavy (non-hydrogen) atoms. The summed E-state index contributed by atoms with van der Waals surface area (Å²) in [4.78, 5) is 35.9. The van der Waals surface area contributed by atoms with E-state index in [0.717, 1.165) is 57.8 Å². The lowest BCUT2D eigenvalue weighted by molar-refractivity contribution is -0.870. The molecule has 0 aliphatic heterocycles. The number of carbonyl (C=O) groups is 2. The number of ether oxygens (including phenoxy) is 2. The van der Waals surface area contributed by atoms with Gasteiger partial charge in [-0.25, -0.2) is 4.57 Å². The van der Waals surface area contributed by atoms with E-state index in [2.05, 4.69) is 62.5 Å². The summed E-state index contributed by atoms with van der Waals surface area (Å²) < 4.78 is 34.7. The molecule has 0 aliphatic carbocycles. The zero-order valence-corrected chi connectivity index (χ0v) is 55.2. The van der Waals surface area contributed by atoms with Gasteiger partial charge in [0.05, 0.1) is 27.7 Å². The largest absolute Gasteiger partial charge is 0.472 e. The predicted molar refractivity (Wildman–Crippen MR) is 349 cm³/mol. The van der Waals surface area contributed by atoms with E-state index in [1.165, 1.54) is 250 Å². The Bertz CT molecular complexity index is 1510. The zero-order valence-electron chi connectivity index (χ0n) is 54.3. The van der Waals surface area contributed by atoms with E-state index in [1.54, 1.807) is 0 Å². The number of hydrogen-bond donors (Lipinski definition) is 1. The Morgan fingerprint density at radius 1 is 0.395 bits per heavy atom. The van der Waals surface area contributed by atoms with Crippen LogP contribution >= 0.6 is 7.82 Å². The van der Waals surface area contributed by atoms with Crippen molar-refractivity contribution in [2.24, 2.45) is 0 Å². The minimum absolute atomic E-state index is 0.0337. The Labute approximate surface area is 503 Å². The maximum absolute atomic E-state index is 12.9. The summed E-state index contributed by atoms with van der Waals surface area (Å²) >= 11 is 0. The Hall–Kier alpha value is -2.03. The number of carbonyl (C=O) groups excluding carboxylic acids is 2. The van der Waals surface area contributed by atoms with E-state index in [0.29, 0.717) is 23.9 Å². The van der Waals surface area contributed by atoms with Crippen molar-refractivity contribution in [1.82, 2.24) is 0 Å². The molecular formula is C71H135NO8P+. The molecule has 0 radical (unpaired) electrons. The molecule has 0 rings (SSSR count). The quantitative estimate of drug-likeness (QED) is 0.0211. The highest BCUT2D eigenvalue weighted by Crippen LogP contribution is 2.43. The molecule has 0 fully saturated rings. The molecule has 0 aromatic rings. The van der Waals surface area contributed by atoms with Crippen molar-refractivity contribution in [3.63, 3.8) is 0 Å². The van der Waals surface area contributed by atoms with Crippen LogP contribution in [0.1, 0.15) is 341 Å². The molecular weight excluding hydrogens is 1030 g/mol. The number of esters is 2. The van der Waals surface area contributed by atoms with Gasteiger partial charge in [-0.05, 0) is 51.4 Å². The Morgan fingerprint density at radius 3 is 1.05 bits per heavy atom. The van der Waals surface area contributed by atoms with Crippen LogP contribution in [0.4, 0.5) is 0 Å². The molecule has 10 heteroatoms. The number of nitrogens with zero attached hydrogens (tertiary/aromatic N) is 1. The van der Waals surface area contributed by atoms with Gasteiger partial charge < -0.3 is 18.9 Å². The fourth-order valence-electron chi connectivity index (χ4n) is 10.3. The van der Waals surface area contributed by atoms with Crippen LogP contribution in [0.25, 0.3) is 0 Å². The maximum Gasteiger partial charge on any atom is 0.472 e. The van der Waals surface area contributed by atoms with Crippen LogP contribution in [0.15, 0.2) is 48.6 Å². The summed E-state index contributed by atoms with van der Waals surface area (Å²) in [5.74, 6) is -0.778. The summed E-state index contributed by atoms with van der Waals surface area (Å²) in [5.41, 5.74) is 0. The molecule has 476 valence electrons. The summed E-state index contributed by atoms with van der Waals surface area (Å²) in [6.07, 6.45) is 80.8. The smallest absolute Gasteiger partial charge is 0.462 e. The molecule has 0 bridgehead atoms. The third-order valence-electron chi connectivity index (χ3n) is 15.6. The molecule has 2 unspecified atom stereocenters. The second kappa shape index (κ2) is 62.5. The van der Waals surface area contributed by atoms with E-state index >= 15 is 0 Å². The number of allylic oxidation sites excluding steroid dienone is 8. The normalized spacial score (nSPS) is 13.4. The number of hydrogen-bond acceptors (Lipinski definition) is 7. The lowest BCUT2D eigenvalue weighted by Gasteiger charge is -2.24. The van der Waals surface area contributed by atoms with Crippen molar-refractivity contribution >= 4 is 19.8 Å². The fraction of sp³-hybridized carbons (Fsp3) is 0.859. The van der Waals surface area contributed by atoms with E-state index in [9.17, 15) is 19.0 Å². The zero-order chi connectivity index (χ0) is 59.1. The van der Waals surface area contributed by atoms with Gasteiger partial charge in [-0.15, -0.1) is 0 Å². The summed E-state index contributed by atoms with van der Waals surface area (Å²) in [6.45, 7) is 4.39. The summed E-state index contributed by atoms with van der Waals surface area (Å²) in [6, 6.07) is 0. The molecule has 0 aromatic heterocycles. The van der Waals surface area contributed by atoms with Crippen LogP contribution in [-0.4, -0.2) is 74.9 Å². The minimum Gasteiger partial charge on any atom is -0.462 e. The Kier molecular flexibility index (Phi) is 60.9. The van der Waals surface area contributed by atoms with Crippen LogP contribution < -0.4 is 0 Å². The van der Waals surface area contributed by atoms with Gasteiger partial charge in [0.1, 0.15) is 19.8 Å². The van der Waals surface area contributed by atoms with Crippen LogP contribution in [0, 0.1) is 0 Å². The van der Waals surface area contributed by atoms with Gasteiger partial charge >= 0.3 is 19.8 Å². The van der Waals surface area contributed by atoms with Crippen molar-refractivity contribution in [3.05, 3.63) is 48.6 Å². The van der Waals surface area contributed by atoms with Crippen LogP contribution in [0.3, 0.4) is 0 Å². The van der Waals surface area contributed by atoms with Crippen molar-refractivity contribution < 1.29 is 42.1 Å². The van der Waals surface area contributed by atoms with E-state index in [4.69, 9.17) is 18.5 Å². The molecule has 9 nitrogen and oxygen atoms in total. The number of unbranched alkanes of at least 4 members (excludes halogenated alkanes) is 43. The Balaban J connectivity index is 4.00. The van der Waals surface area contributed by atoms with Crippen molar-refractivity contribution in [2.45, 2.75) is 347 Å². The highest BCUT2D eigenvalue weighted by molar-refractivity contribution is 7.47. The van der Waals surface area contributed by atoms with Crippen LogP contribution in [0.5, 0.6) is 0 Å². The molecule has 0 heterocycles. The van der Waals surface area contributed by atoms with E-state index in [-0.39, 0.29) is 25.6 Å². The summed E-state index contributed by atoms with van der Waals surface area (Å²) in [7, 11) is 1.49. The first-order valence-corrected chi connectivity index (χ1v) is 36.4. The lowest BCUT2D eigenvalue weighted by atomic mass is 10.0. The third-order valence-corrected chi connectivity index (χ3v) is 16.6. The van der Waals surface area contributed by atoms with Crippen LogP contribution in [-0.2, 0) is 32.7 Å². The van der Waals surface area contributed by atoms with Crippen molar-refractivity contribution in [1.29, 1.82) is 0 Å². The predicted octanol–water partition coefficient (Wildman–Crippen LogP) is 22.4. The first-order valence-electron chi connectivity index (χ1n) is 34.9. The number of phosphoric ester groups is 1. The molecule has 0 saturated carbocycles. The van der Waals surface area contributed by atoms with E-state index in [1.807, 2.05) is 21.1 Å². The van der Waals surface area contributed by atoms with Crippen molar-refractivity contribution in [2.75, 3.05) is 47.5 Å². The lowest BCUT2D eigenvalue weighted by Crippen LogP contribution is -2.37. The average Bonchev–Trinajstić information content (AvgIpc) is 3.43. The molecule has 0 aliphatic rings. The Morgan fingerprint density at radius 2 is 0.704 bits per heavy atom. The topological polar surface area (TPSA) is 108 Å². The van der Waals surface area contributed by atoms with Gasteiger partial charge in [-0.2, -0.15) is 0 Å². The van der Waals surface area contributed by atoms with E-state index < -0.39 is 26.5 Å². The minimum atomic E-state index is -4.39. The van der Waals surface area contributed by atoms with Gasteiger partial charge in [0.15, 0.2) is 6.10 Å². The number of phosphoric acid groups is 1. The van der Waals surface area contributed by atoms with Gasteiger partial charge in [0.25, 0.3) is 0 Å². The second-order valence-electron chi connectivity index (χ2n) is 24.9. The number of quaternary nitrogens is 1. The van der Waals surface area contributed by atoms with Crippen LogP contribution in [0.2, 0.25) is 0 Å². The average molecular weight is 1160 g/mol. The maximum atomic E-state index is 12.9. The standard InChI is InChI=1S/C71H134NO8P/c1-6-8-10-12-14-16-18-20-22-24-26-28-30-32-34-36-38-40-42-44-46-48-50-52-54-56-58-60-62-64-71(74)80-69(68-79-81(75,76)78-66-65-72(3,4)5)67-77-70(73)63-61-59-57-55-53-51-49-47-45-43-41-39-37-35-33-31-29-27-25-23-21-19-17-15-13-11-9-7-2/h8,10,14,16,20,22,26,28,69H,6-7,9,11-13,15,17-19,21,23-25,27,29-68H2,1-5H3/p+1/b10-8-,16-14-,22-20-,28-26-. The summed E-state index contributed by atoms with van der Waals surface area (Å²) in [5, 5.41) is 0. The van der Waals surface area contributed by atoms with Gasteiger partial charge in [-0.1, -0.05) is 326 Å². The third kappa shape index (κ3) is 67.0. The number of likely N-dealkylation sites (N-methyl/N-ethyl adjacent to an activating group) is 1. The SMILES string of the molecule is CC/C=C\C/C=C\C/C=C\C/C=C\CCCCCCCCCCCCCCCCCCC(=O)OC(COC(=O)CCCCCCCCCCCCCCCCCCCCCCCCCCCCCC)COP(=O)(O)OCC[N+](C)(C)C. The van der Waals surface area contributed by atoms with Gasteiger partial charge in [0.2, 0.25) is 0 Å².